The van der Waals surface area contributed by atoms with Gasteiger partial charge < -0.3 is 10.1 Å². The predicted octanol–water partition coefficient (Wildman–Crippen LogP) is 4.82. The van der Waals surface area contributed by atoms with Gasteiger partial charge in [-0.05, 0) is 11.6 Å². The summed E-state index contributed by atoms with van der Waals surface area (Å²) in [5.41, 5.74) is 1.24. The Hall–Kier alpha value is -0.930. The molecule has 0 radical (unpaired) electrons. The maximum absolute atomic E-state index is 6.02. The van der Waals surface area contributed by atoms with Crippen LogP contribution >= 0.6 is 34.8 Å². The van der Waals surface area contributed by atoms with Gasteiger partial charge in [-0.25, -0.2) is 0 Å². The Morgan fingerprint density at radius 1 is 0.900 bits per heavy atom. The van der Waals surface area contributed by atoms with Crippen molar-refractivity contribution in [3.8, 4) is 5.75 Å². The van der Waals surface area contributed by atoms with Crippen molar-refractivity contribution in [3.63, 3.8) is 0 Å². The zero-order chi connectivity index (χ0) is 14.4. The molecule has 0 spiro atoms. The molecule has 0 aliphatic heterocycles. The SMILES string of the molecule is Clc1cc(Cl)c(OCCNCc2ccccc2)cc1Cl. The van der Waals surface area contributed by atoms with Crippen molar-refractivity contribution in [1.29, 1.82) is 0 Å². The molecule has 5 heteroatoms. The number of benzene rings is 2. The highest BCUT2D eigenvalue weighted by Crippen LogP contribution is 2.33. The third-order valence-electron chi connectivity index (χ3n) is 2.68. The van der Waals surface area contributed by atoms with Crippen molar-refractivity contribution >= 4 is 34.8 Å². The zero-order valence-corrected chi connectivity index (χ0v) is 13.0. The van der Waals surface area contributed by atoms with E-state index in [0.717, 1.165) is 6.54 Å². The van der Waals surface area contributed by atoms with Crippen LogP contribution in [0.3, 0.4) is 0 Å². The molecule has 2 nitrogen and oxygen atoms in total. The minimum atomic E-state index is 0.422. The van der Waals surface area contributed by atoms with E-state index >= 15 is 0 Å². The predicted molar refractivity (Wildman–Crippen MR) is 85.1 cm³/mol. The smallest absolute Gasteiger partial charge is 0.139 e. The number of ether oxygens (including phenoxy) is 1. The molecular weight excluding hydrogens is 317 g/mol. The van der Waals surface area contributed by atoms with Gasteiger partial charge in [0.05, 0.1) is 15.1 Å². The lowest BCUT2D eigenvalue weighted by atomic mass is 10.2. The molecule has 0 atom stereocenters. The number of nitrogens with one attached hydrogen (secondary N) is 1. The van der Waals surface area contributed by atoms with Gasteiger partial charge in [-0.1, -0.05) is 65.1 Å². The second-order valence-corrected chi connectivity index (χ2v) is 5.43. The van der Waals surface area contributed by atoms with E-state index in [1.807, 2.05) is 18.2 Å². The molecular formula is C15H14Cl3NO. The quantitative estimate of drug-likeness (QED) is 0.606. The molecule has 0 saturated carbocycles. The van der Waals surface area contributed by atoms with Crippen LogP contribution in [0.5, 0.6) is 5.75 Å². The summed E-state index contributed by atoms with van der Waals surface area (Å²) in [6, 6.07) is 13.4. The van der Waals surface area contributed by atoms with Crippen molar-refractivity contribution in [3.05, 3.63) is 63.1 Å². The summed E-state index contributed by atoms with van der Waals surface area (Å²) < 4.78 is 5.57. The summed E-state index contributed by atoms with van der Waals surface area (Å²) in [7, 11) is 0. The van der Waals surface area contributed by atoms with Gasteiger partial charge in [-0.2, -0.15) is 0 Å². The lowest BCUT2D eigenvalue weighted by Crippen LogP contribution is -2.20. The maximum atomic E-state index is 6.02. The maximum Gasteiger partial charge on any atom is 0.139 e. The van der Waals surface area contributed by atoms with Crippen LogP contribution in [0, 0.1) is 0 Å². The normalized spacial score (nSPS) is 10.6. The molecule has 2 rings (SSSR count). The highest BCUT2D eigenvalue weighted by atomic mass is 35.5. The van der Waals surface area contributed by atoms with Gasteiger partial charge in [0.1, 0.15) is 12.4 Å². The third-order valence-corrected chi connectivity index (χ3v) is 3.70. The van der Waals surface area contributed by atoms with E-state index in [9.17, 15) is 0 Å². The first-order valence-corrected chi connectivity index (χ1v) is 7.32. The van der Waals surface area contributed by atoms with Gasteiger partial charge >= 0.3 is 0 Å². The molecule has 0 aromatic heterocycles. The molecule has 0 aliphatic carbocycles. The summed E-state index contributed by atoms with van der Waals surface area (Å²) in [6.07, 6.45) is 0. The Labute approximate surface area is 133 Å². The van der Waals surface area contributed by atoms with Crippen molar-refractivity contribution in [2.75, 3.05) is 13.2 Å². The van der Waals surface area contributed by atoms with Crippen LogP contribution in [-0.4, -0.2) is 13.2 Å². The first-order chi connectivity index (χ1) is 9.66. The number of hydrogen-bond donors (Lipinski definition) is 1. The van der Waals surface area contributed by atoms with E-state index in [1.54, 1.807) is 12.1 Å². The molecule has 0 aliphatic rings. The van der Waals surface area contributed by atoms with E-state index in [4.69, 9.17) is 39.5 Å². The topological polar surface area (TPSA) is 21.3 Å². The first kappa shape index (κ1) is 15.5. The Bertz CT molecular complexity index is 561. The lowest BCUT2D eigenvalue weighted by molar-refractivity contribution is 0.314. The summed E-state index contributed by atoms with van der Waals surface area (Å²) in [4.78, 5) is 0. The van der Waals surface area contributed by atoms with Crippen LogP contribution in [0.1, 0.15) is 5.56 Å². The minimum absolute atomic E-state index is 0.422. The van der Waals surface area contributed by atoms with E-state index in [-0.39, 0.29) is 0 Å². The standard InChI is InChI=1S/C15H14Cl3NO/c16-12-8-14(18)15(9-13(12)17)20-7-6-19-10-11-4-2-1-3-5-11/h1-5,8-9,19H,6-7,10H2. The Kier molecular flexibility index (Phi) is 5.99. The second-order valence-electron chi connectivity index (χ2n) is 4.21. The van der Waals surface area contributed by atoms with Crippen LogP contribution < -0.4 is 10.1 Å². The summed E-state index contributed by atoms with van der Waals surface area (Å²) in [5, 5.41) is 4.61. The van der Waals surface area contributed by atoms with E-state index < -0.39 is 0 Å². The average molecular weight is 331 g/mol. The second kappa shape index (κ2) is 7.75. The van der Waals surface area contributed by atoms with Gasteiger partial charge in [0, 0.05) is 19.2 Å². The number of rotatable bonds is 6. The van der Waals surface area contributed by atoms with Crippen molar-refractivity contribution in [1.82, 2.24) is 5.32 Å². The Balaban J connectivity index is 1.75. The zero-order valence-electron chi connectivity index (χ0n) is 10.7. The van der Waals surface area contributed by atoms with Crippen LogP contribution in [0.2, 0.25) is 15.1 Å². The largest absolute Gasteiger partial charge is 0.491 e. The fourth-order valence-electron chi connectivity index (χ4n) is 1.68. The fraction of sp³-hybridized carbons (Fsp3) is 0.200. The molecule has 0 unspecified atom stereocenters. The van der Waals surface area contributed by atoms with Crippen molar-refractivity contribution in [2.24, 2.45) is 0 Å². The molecule has 106 valence electrons. The van der Waals surface area contributed by atoms with Crippen molar-refractivity contribution < 1.29 is 4.74 Å². The van der Waals surface area contributed by atoms with Gasteiger partial charge in [-0.15, -0.1) is 0 Å². The molecule has 2 aromatic rings. The Morgan fingerprint density at radius 3 is 2.35 bits per heavy atom. The molecule has 0 amide bonds. The third kappa shape index (κ3) is 4.57. The van der Waals surface area contributed by atoms with Gasteiger partial charge in [0.25, 0.3) is 0 Å². The van der Waals surface area contributed by atoms with Crippen LogP contribution in [0.15, 0.2) is 42.5 Å². The number of halogens is 3. The monoisotopic (exact) mass is 329 g/mol. The molecule has 2 aromatic carbocycles. The fourth-order valence-corrected chi connectivity index (χ4v) is 2.27. The molecule has 1 N–H and O–H groups in total. The highest BCUT2D eigenvalue weighted by molar-refractivity contribution is 6.43. The van der Waals surface area contributed by atoms with Gasteiger partial charge in [-0.3, -0.25) is 0 Å². The van der Waals surface area contributed by atoms with Gasteiger partial charge in [0.15, 0.2) is 0 Å². The molecule has 0 saturated heterocycles. The Morgan fingerprint density at radius 2 is 1.60 bits per heavy atom. The first-order valence-electron chi connectivity index (χ1n) is 6.19. The van der Waals surface area contributed by atoms with Crippen LogP contribution in [0.25, 0.3) is 0 Å². The summed E-state index contributed by atoms with van der Waals surface area (Å²) in [6.45, 7) is 2.02. The van der Waals surface area contributed by atoms with Crippen LogP contribution in [-0.2, 0) is 6.54 Å². The van der Waals surface area contributed by atoms with E-state index in [0.29, 0.717) is 34.0 Å². The molecule has 20 heavy (non-hydrogen) atoms. The van der Waals surface area contributed by atoms with E-state index in [2.05, 4.69) is 17.4 Å². The summed E-state index contributed by atoms with van der Waals surface area (Å²) >= 11 is 17.8. The summed E-state index contributed by atoms with van der Waals surface area (Å²) in [5.74, 6) is 0.544. The van der Waals surface area contributed by atoms with E-state index in [1.165, 1.54) is 5.56 Å². The van der Waals surface area contributed by atoms with Crippen LogP contribution in [0.4, 0.5) is 0 Å². The highest BCUT2D eigenvalue weighted by Gasteiger charge is 2.06. The average Bonchev–Trinajstić information content (AvgIpc) is 2.45. The minimum Gasteiger partial charge on any atom is -0.491 e. The number of hydrogen-bond acceptors (Lipinski definition) is 2. The van der Waals surface area contributed by atoms with Crippen molar-refractivity contribution in [2.45, 2.75) is 6.54 Å². The molecule has 0 heterocycles. The molecule has 0 fully saturated rings. The molecule has 0 bridgehead atoms. The van der Waals surface area contributed by atoms with Gasteiger partial charge in [0.2, 0.25) is 0 Å². The lowest BCUT2D eigenvalue weighted by Gasteiger charge is -2.10.